The zero-order valence-electron chi connectivity index (χ0n) is 17.2. The summed E-state index contributed by atoms with van der Waals surface area (Å²) in [6, 6.07) is 12.6. The van der Waals surface area contributed by atoms with E-state index in [1.807, 2.05) is 37.9 Å². The van der Waals surface area contributed by atoms with Crippen LogP contribution in [0.1, 0.15) is 48.6 Å². The van der Waals surface area contributed by atoms with Crippen LogP contribution in [-0.2, 0) is 4.79 Å². The van der Waals surface area contributed by atoms with E-state index in [1.165, 1.54) is 28.3 Å². The molecule has 0 aromatic heterocycles. The monoisotopic (exact) mass is 381 g/mol. The molecule has 0 radical (unpaired) electrons. The summed E-state index contributed by atoms with van der Waals surface area (Å²) in [6.45, 7) is 8.50. The van der Waals surface area contributed by atoms with Gasteiger partial charge in [0, 0.05) is 12.5 Å². The van der Waals surface area contributed by atoms with E-state index in [0.717, 1.165) is 16.8 Å². The van der Waals surface area contributed by atoms with Gasteiger partial charge < -0.3 is 0 Å². The van der Waals surface area contributed by atoms with Crippen LogP contribution in [0.25, 0.3) is 0 Å². The maximum atomic E-state index is 13.8. The number of aryl methyl sites for hydroxylation is 2. The van der Waals surface area contributed by atoms with Gasteiger partial charge in [0.25, 0.3) is 5.91 Å². The molecule has 0 fully saturated rings. The van der Waals surface area contributed by atoms with Gasteiger partial charge in [-0.1, -0.05) is 24.3 Å². The summed E-state index contributed by atoms with van der Waals surface area (Å²) in [6.07, 6.45) is 0.573. The van der Waals surface area contributed by atoms with Gasteiger partial charge in [-0.2, -0.15) is 5.10 Å². The van der Waals surface area contributed by atoms with Crippen molar-refractivity contribution in [3.63, 3.8) is 0 Å². The number of hydrogen-bond donors (Lipinski definition) is 0. The second-order valence-corrected chi connectivity index (χ2v) is 7.87. The standard InChI is InChI=1S/C23H28FN3O/c1-15(2)26(5)14-23(28)27-22(19-7-6-8-20(24)12-19)13-21(25-27)18-10-9-16(3)17(4)11-18/h6-12,15,22H,13-14H2,1-5H3. The lowest BCUT2D eigenvalue weighted by atomic mass is 9.96. The predicted octanol–water partition coefficient (Wildman–Crippen LogP) is 4.46. The summed E-state index contributed by atoms with van der Waals surface area (Å²) in [5, 5.41) is 6.22. The van der Waals surface area contributed by atoms with Gasteiger partial charge in [0.2, 0.25) is 0 Å². The average molecular weight is 381 g/mol. The van der Waals surface area contributed by atoms with Gasteiger partial charge in [0.05, 0.1) is 18.3 Å². The van der Waals surface area contributed by atoms with Crippen molar-refractivity contribution in [2.24, 2.45) is 5.10 Å². The SMILES string of the molecule is Cc1ccc(C2=NN(C(=O)CN(C)C(C)C)C(c3cccc(F)c3)C2)cc1C. The first-order valence-electron chi connectivity index (χ1n) is 9.69. The largest absolute Gasteiger partial charge is 0.295 e. The fourth-order valence-electron chi connectivity index (χ4n) is 3.28. The van der Waals surface area contributed by atoms with E-state index in [-0.39, 0.29) is 30.4 Å². The Kier molecular flexibility index (Phi) is 5.94. The Morgan fingerprint density at radius 2 is 1.96 bits per heavy atom. The van der Waals surface area contributed by atoms with Gasteiger partial charge in [0.1, 0.15) is 5.82 Å². The van der Waals surface area contributed by atoms with E-state index >= 15 is 0 Å². The van der Waals surface area contributed by atoms with Gasteiger partial charge in [-0.3, -0.25) is 9.69 Å². The van der Waals surface area contributed by atoms with Crippen LogP contribution in [0.4, 0.5) is 4.39 Å². The highest BCUT2D eigenvalue weighted by atomic mass is 19.1. The average Bonchev–Trinajstić information content (AvgIpc) is 3.09. The minimum Gasteiger partial charge on any atom is -0.295 e. The molecule has 0 spiro atoms. The molecule has 0 aliphatic carbocycles. The highest BCUT2D eigenvalue weighted by molar-refractivity contribution is 6.03. The lowest BCUT2D eigenvalue weighted by molar-refractivity contribution is -0.134. The quantitative estimate of drug-likeness (QED) is 0.767. The molecular formula is C23H28FN3O. The molecular weight excluding hydrogens is 353 g/mol. The van der Waals surface area contributed by atoms with Gasteiger partial charge in [-0.15, -0.1) is 0 Å². The lowest BCUT2D eigenvalue weighted by Gasteiger charge is -2.26. The summed E-state index contributed by atoms with van der Waals surface area (Å²) < 4.78 is 13.8. The van der Waals surface area contributed by atoms with E-state index < -0.39 is 0 Å². The second-order valence-electron chi connectivity index (χ2n) is 7.87. The Morgan fingerprint density at radius 1 is 1.21 bits per heavy atom. The summed E-state index contributed by atoms with van der Waals surface area (Å²) in [7, 11) is 1.92. The molecule has 0 bridgehead atoms. The number of amides is 1. The predicted molar refractivity (Wildman–Crippen MR) is 111 cm³/mol. The van der Waals surface area contributed by atoms with Crippen molar-refractivity contribution >= 4 is 11.6 Å². The first-order chi connectivity index (χ1) is 13.3. The first kappa shape index (κ1) is 20.2. The number of rotatable bonds is 5. The van der Waals surface area contributed by atoms with Crippen molar-refractivity contribution in [1.82, 2.24) is 9.91 Å². The Morgan fingerprint density at radius 3 is 2.61 bits per heavy atom. The van der Waals surface area contributed by atoms with Gasteiger partial charge in [0.15, 0.2) is 0 Å². The number of hydrogen-bond acceptors (Lipinski definition) is 3. The zero-order chi connectivity index (χ0) is 20.4. The second kappa shape index (κ2) is 8.23. The molecule has 2 aromatic rings. The normalized spacial score (nSPS) is 16.8. The van der Waals surface area contributed by atoms with Gasteiger partial charge >= 0.3 is 0 Å². The molecule has 1 amide bonds. The van der Waals surface area contributed by atoms with Crippen LogP contribution in [0, 0.1) is 19.7 Å². The minimum absolute atomic E-state index is 0.0794. The molecule has 4 nitrogen and oxygen atoms in total. The lowest BCUT2D eigenvalue weighted by Crippen LogP contribution is -2.39. The van der Waals surface area contributed by atoms with Crippen molar-refractivity contribution in [1.29, 1.82) is 0 Å². The molecule has 1 atom stereocenters. The number of halogens is 1. The van der Waals surface area contributed by atoms with Crippen LogP contribution in [-0.4, -0.2) is 41.2 Å². The first-order valence-corrected chi connectivity index (χ1v) is 9.69. The Balaban J connectivity index is 1.95. The van der Waals surface area contributed by atoms with E-state index in [4.69, 9.17) is 0 Å². The molecule has 0 saturated heterocycles. The molecule has 1 heterocycles. The topological polar surface area (TPSA) is 35.9 Å². The van der Waals surface area contributed by atoms with Gasteiger partial charge in [-0.25, -0.2) is 9.40 Å². The molecule has 3 rings (SSSR count). The van der Waals surface area contributed by atoms with E-state index in [0.29, 0.717) is 6.42 Å². The summed E-state index contributed by atoms with van der Waals surface area (Å²) in [4.78, 5) is 15.0. The molecule has 0 saturated carbocycles. The summed E-state index contributed by atoms with van der Waals surface area (Å²) >= 11 is 0. The number of likely N-dealkylation sites (N-methyl/N-ethyl adjacent to an activating group) is 1. The summed E-state index contributed by atoms with van der Waals surface area (Å²) in [5.41, 5.74) is 5.04. The third-order valence-electron chi connectivity index (χ3n) is 5.51. The van der Waals surface area contributed by atoms with Crippen LogP contribution in [0.15, 0.2) is 47.6 Å². The fourth-order valence-corrected chi connectivity index (χ4v) is 3.28. The minimum atomic E-state index is -0.302. The molecule has 2 aromatic carbocycles. The number of benzene rings is 2. The third kappa shape index (κ3) is 4.30. The molecule has 1 unspecified atom stereocenters. The maximum Gasteiger partial charge on any atom is 0.257 e. The molecule has 0 N–H and O–H groups in total. The van der Waals surface area contributed by atoms with E-state index in [9.17, 15) is 9.18 Å². The van der Waals surface area contributed by atoms with Crippen molar-refractivity contribution in [3.8, 4) is 0 Å². The zero-order valence-corrected chi connectivity index (χ0v) is 17.2. The number of hydrazone groups is 1. The molecule has 28 heavy (non-hydrogen) atoms. The van der Waals surface area contributed by atoms with E-state index in [2.05, 4.69) is 31.1 Å². The Bertz CT molecular complexity index is 906. The van der Waals surface area contributed by atoms with Crippen LogP contribution in [0.2, 0.25) is 0 Å². The van der Waals surface area contributed by atoms with E-state index in [1.54, 1.807) is 6.07 Å². The van der Waals surface area contributed by atoms with Gasteiger partial charge in [-0.05, 0) is 75.2 Å². The van der Waals surface area contributed by atoms with Crippen molar-refractivity contribution in [3.05, 3.63) is 70.5 Å². The molecule has 5 heteroatoms. The fraction of sp³-hybridized carbons (Fsp3) is 0.391. The van der Waals surface area contributed by atoms with Crippen LogP contribution in [0.3, 0.4) is 0 Å². The smallest absolute Gasteiger partial charge is 0.257 e. The molecule has 1 aliphatic rings. The molecule has 148 valence electrons. The number of carbonyl (C=O) groups is 1. The number of nitrogens with zero attached hydrogens (tertiary/aromatic N) is 3. The van der Waals surface area contributed by atoms with Crippen molar-refractivity contribution < 1.29 is 9.18 Å². The third-order valence-corrected chi connectivity index (χ3v) is 5.51. The number of carbonyl (C=O) groups excluding carboxylic acids is 1. The Labute approximate surface area is 166 Å². The maximum absolute atomic E-state index is 13.8. The summed E-state index contributed by atoms with van der Waals surface area (Å²) in [5.74, 6) is -0.381. The van der Waals surface area contributed by atoms with Crippen molar-refractivity contribution in [2.45, 2.75) is 46.2 Å². The Hall–Kier alpha value is -2.53. The highest BCUT2D eigenvalue weighted by Crippen LogP contribution is 2.33. The van der Waals surface area contributed by atoms with Crippen LogP contribution < -0.4 is 0 Å². The van der Waals surface area contributed by atoms with Crippen molar-refractivity contribution in [2.75, 3.05) is 13.6 Å². The highest BCUT2D eigenvalue weighted by Gasteiger charge is 2.33. The van der Waals surface area contributed by atoms with Crippen LogP contribution >= 0.6 is 0 Å². The molecule has 1 aliphatic heterocycles. The van der Waals surface area contributed by atoms with Crippen LogP contribution in [0.5, 0.6) is 0 Å².